The molecular formula is C15H16O7. The number of esters is 1. The third kappa shape index (κ3) is 4.42. The van der Waals surface area contributed by atoms with Gasteiger partial charge >= 0.3 is 17.9 Å². The molecule has 0 radical (unpaired) electrons. The third-order valence-corrected chi connectivity index (χ3v) is 2.74. The highest BCUT2D eigenvalue weighted by Crippen LogP contribution is 2.19. The monoisotopic (exact) mass is 308 g/mol. The van der Waals surface area contributed by atoms with Crippen molar-refractivity contribution in [1.29, 1.82) is 0 Å². The highest BCUT2D eigenvalue weighted by atomic mass is 16.7. The van der Waals surface area contributed by atoms with Crippen molar-refractivity contribution in [3.63, 3.8) is 0 Å². The highest BCUT2D eigenvalue weighted by Gasteiger charge is 2.27. The van der Waals surface area contributed by atoms with Crippen LogP contribution in [0, 0.1) is 0 Å². The minimum absolute atomic E-state index is 0.104. The van der Waals surface area contributed by atoms with E-state index in [1.54, 1.807) is 0 Å². The molecule has 0 bridgehead atoms. The SMILES string of the molecule is C=C(C)C(=O)OC(C)(O)Cc1ccc(C(=O)O)c(C(=O)O)c1. The van der Waals surface area contributed by atoms with Gasteiger partial charge in [0.15, 0.2) is 0 Å². The van der Waals surface area contributed by atoms with Gasteiger partial charge in [-0.25, -0.2) is 14.4 Å². The number of carboxylic acid groups (broad SMARTS) is 2. The number of rotatable bonds is 6. The van der Waals surface area contributed by atoms with Crippen LogP contribution in [0.15, 0.2) is 30.4 Å². The summed E-state index contributed by atoms with van der Waals surface area (Å²) in [6.07, 6.45) is -0.202. The Kier molecular flexibility index (Phi) is 5.06. The first kappa shape index (κ1) is 17.4. The molecule has 0 aliphatic heterocycles. The van der Waals surface area contributed by atoms with Gasteiger partial charge in [-0.15, -0.1) is 0 Å². The van der Waals surface area contributed by atoms with Crippen LogP contribution < -0.4 is 0 Å². The first-order valence-electron chi connectivity index (χ1n) is 6.24. The topological polar surface area (TPSA) is 121 Å². The molecule has 0 amide bonds. The molecule has 118 valence electrons. The summed E-state index contributed by atoms with van der Waals surface area (Å²) in [5, 5.41) is 28.0. The maximum atomic E-state index is 11.4. The fourth-order valence-electron chi connectivity index (χ4n) is 1.77. The number of hydrogen-bond donors (Lipinski definition) is 3. The van der Waals surface area contributed by atoms with Crippen LogP contribution in [-0.4, -0.2) is 39.0 Å². The summed E-state index contributed by atoms with van der Waals surface area (Å²) in [6, 6.07) is 3.59. The maximum absolute atomic E-state index is 11.4. The maximum Gasteiger partial charge on any atom is 0.336 e. The van der Waals surface area contributed by atoms with Crippen molar-refractivity contribution >= 4 is 17.9 Å². The summed E-state index contributed by atoms with van der Waals surface area (Å²) < 4.78 is 4.83. The third-order valence-electron chi connectivity index (χ3n) is 2.74. The van der Waals surface area contributed by atoms with Crippen LogP contribution in [-0.2, 0) is 16.0 Å². The van der Waals surface area contributed by atoms with Crippen LogP contribution in [0.4, 0.5) is 0 Å². The molecule has 0 aliphatic carbocycles. The molecule has 0 spiro atoms. The molecule has 1 unspecified atom stereocenters. The number of carbonyl (C=O) groups is 3. The van der Waals surface area contributed by atoms with Gasteiger partial charge < -0.3 is 20.1 Å². The van der Waals surface area contributed by atoms with Gasteiger partial charge in [-0.05, 0) is 24.6 Å². The minimum Gasteiger partial charge on any atom is -0.478 e. The second kappa shape index (κ2) is 6.40. The van der Waals surface area contributed by atoms with Crippen molar-refractivity contribution in [3.05, 3.63) is 47.0 Å². The van der Waals surface area contributed by atoms with Crippen molar-refractivity contribution in [3.8, 4) is 0 Å². The van der Waals surface area contributed by atoms with Crippen LogP contribution in [0.25, 0.3) is 0 Å². The number of ether oxygens (including phenoxy) is 1. The van der Waals surface area contributed by atoms with E-state index < -0.39 is 29.3 Å². The molecule has 0 aromatic heterocycles. The number of carboxylic acids is 2. The molecule has 22 heavy (non-hydrogen) atoms. The Morgan fingerprint density at radius 3 is 2.18 bits per heavy atom. The summed E-state index contributed by atoms with van der Waals surface area (Å²) in [5.41, 5.74) is -0.364. The van der Waals surface area contributed by atoms with Gasteiger partial charge in [-0.2, -0.15) is 0 Å². The van der Waals surface area contributed by atoms with E-state index in [9.17, 15) is 19.5 Å². The van der Waals surface area contributed by atoms with Crippen molar-refractivity contribution < 1.29 is 34.4 Å². The lowest BCUT2D eigenvalue weighted by molar-refractivity contribution is -0.196. The van der Waals surface area contributed by atoms with Crippen LogP contribution in [0.2, 0.25) is 0 Å². The van der Waals surface area contributed by atoms with E-state index in [0.29, 0.717) is 5.56 Å². The summed E-state index contributed by atoms with van der Waals surface area (Å²) >= 11 is 0. The summed E-state index contributed by atoms with van der Waals surface area (Å²) in [4.78, 5) is 33.5. The lowest BCUT2D eigenvalue weighted by atomic mass is 9.99. The van der Waals surface area contributed by atoms with Gasteiger partial charge in [0.1, 0.15) is 0 Å². The molecule has 3 N–H and O–H groups in total. The van der Waals surface area contributed by atoms with E-state index in [0.717, 1.165) is 12.1 Å². The first-order valence-corrected chi connectivity index (χ1v) is 6.24. The average molecular weight is 308 g/mol. The molecule has 7 nitrogen and oxygen atoms in total. The Balaban J connectivity index is 3.06. The number of aromatic carboxylic acids is 2. The van der Waals surface area contributed by atoms with Crippen LogP contribution >= 0.6 is 0 Å². The Morgan fingerprint density at radius 1 is 1.18 bits per heavy atom. The first-order chi connectivity index (χ1) is 10.0. The molecule has 0 fully saturated rings. The Morgan fingerprint density at radius 2 is 1.73 bits per heavy atom. The van der Waals surface area contributed by atoms with Gasteiger partial charge in [0.2, 0.25) is 5.79 Å². The van der Waals surface area contributed by atoms with Crippen molar-refractivity contribution in [2.24, 2.45) is 0 Å². The number of aliphatic hydroxyl groups is 1. The van der Waals surface area contributed by atoms with Crippen molar-refractivity contribution in [2.75, 3.05) is 0 Å². The second-order valence-corrected chi connectivity index (χ2v) is 5.01. The summed E-state index contributed by atoms with van der Waals surface area (Å²) in [7, 11) is 0. The zero-order chi connectivity index (χ0) is 17.1. The van der Waals surface area contributed by atoms with Gasteiger partial charge in [-0.3, -0.25) is 0 Å². The summed E-state index contributed by atoms with van der Waals surface area (Å²) in [6.45, 7) is 6.04. The predicted molar refractivity (Wildman–Crippen MR) is 75.6 cm³/mol. The normalized spacial score (nSPS) is 13.0. The van der Waals surface area contributed by atoms with Crippen molar-refractivity contribution in [1.82, 2.24) is 0 Å². The van der Waals surface area contributed by atoms with Gasteiger partial charge in [0.25, 0.3) is 0 Å². The number of benzene rings is 1. The average Bonchev–Trinajstić information content (AvgIpc) is 2.36. The van der Waals surface area contributed by atoms with E-state index >= 15 is 0 Å². The molecule has 7 heteroatoms. The molecular weight excluding hydrogens is 292 g/mol. The van der Waals surface area contributed by atoms with Crippen LogP contribution in [0.3, 0.4) is 0 Å². The molecule has 0 heterocycles. The predicted octanol–water partition coefficient (Wildman–Crippen LogP) is 1.45. The van der Waals surface area contributed by atoms with E-state index in [4.69, 9.17) is 14.9 Å². The van der Waals surface area contributed by atoms with E-state index in [2.05, 4.69) is 6.58 Å². The smallest absolute Gasteiger partial charge is 0.336 e. The Hall–Kier alpha value is -2.67. The zero-order valence-corrected chi connectivity index (χ0v) is 12.1. The highest BCUT2D eigenvalue weighted by molar-refractivity contribution is 6.01. The molecule has 0 saturated carbocycles. The van der Waals surface area contributed by atoms with Gasteiger partial charge in [-0.1, -0.05) is 12.6 Å². The lowest BCUT2D eigenvalue weighted by Crippen LogP contribution is -2.34. The molecule has 1 aromatic carbocycles. The van der Waals surface area contributed by atoms with Crippen molar-refractivity contribution in [2.45, 2.75) is 26.1 Å². The van der Waals surface area contributed by atoms with Gasteiger partial charge in [0.05, 0.1) is 11.1 Å². The Labute approximate surface area is 126 Å². The van der Waals surface area contributed by atoms with Crippen LogP contribution in [0.1, 0.15) is 40.1 Å². The van der Waals surface area contributed by atoms with E-state index in [1.807, 2.05) is 0 Å². The number of hydrogen-bond acceptors (Lipinski definition) is 5. The quantitative estimate of drug-likeness (QED) is 0.413. The minimum atomic E-state index is -1.88. The van der Waals surface area contributed by atoms with E-state index in [-0.39, 0.29) is 17.6 Å². The zero-order valence-electron chi connectivity index (χ0n) is 12.1. The van der Waals surface area contributed by atoms with Crippen LogP contribution in [0.5, 0.6) is 0 Å². The van der Waals surface area contributed by atoms with E-state index in [1.165, 1.54) is 19.9 Å². The Bertz CT molecular complexity index is 643. The molecule has 1 rings (SSSR count). The fourth-order valence-corrected chi connectivity index (χ4v) is 1.77. The summed E-state index contributed by atoms with van der Waals surface area (Å²) in [5.74, 6) is -5.44. The fraction of sp³-hybridized carbons (Fsp3) is 0.267. The molecule has 1 aromatic rings. The molecule has 0 aliphatic rings. The standard InChI is InChI=1S/C15H16O7/c1-8(2)14(20)22-15(3,21)7-9-4-5-10(12(16)17)11(6-9)13(18)19/h4-6,21H,1,7H2,2-3H3,(H,16,17)(H,18,19). The number of carbonyl (C=O) groups excluding carboxylic acids is 1. The molecule has 1 atom stereocenters. The lowest BCUT2D eigenvalue weighted by Gasteiger charge is -2.24. The van der Waals surface area contributed by atoms with Gasteiger partial charge in [0, 0.05) is 18.9 Å². The largest absolute Gasteiger partial charge is 0.478 e. The second-order valence-electron chi connectivity index (χ2n) is 5.01. The molecule has 0 saturated heterocycles.